The van der Waals surface area contributed by atoms with Crippen LogP contribution in [0.4, 0.5) is 17.5 Å². The highest BCUT2D eigenvalue weighted by atomic mass is 16.5. The summed E-state index contributed by atoms with van der Waals surface area (Å²) in [5, 5.41) is 46.1. The van der Waals surface area contributed by atoms with Crippen LogP contribution in [0.3, 0.4) is 0 Å². The number of hydrogen-bond acceptors (Lipinski definition) is 25. The molecule has 0 spiro atoms. The van der Waals surface area contributed by atoms with E-state index in [9.17, 15) is 15.8 Å². The fourth-order valence-corrected chi connectivity index (χ4v) is 18.2. The number of likely N-dealkylation sites (N-methyl/N-ethyl adjacent to an activating group) is 2. The van der Waals surface area contributed by atoms with E-state index in [-0.39, 0.29) is 0 Å². The first kappa shape index (κ1) is 78.3. The number of ether oxygens (including phenoxy) is 3. The zero-order chi connectivity index (χ0) is 81.7. The minimum atomic E-state index is 0.492. The fourth-order valence-electron chi connectivity index (χ4n) is 18.2. The lowest BCUT2D eigenvalue weighted by Crippen LogP contribution is -2.68. The van der Waals surface area contributed by atoms with Gasteiger partial charge in [-0.05, 0) is 144 Å². The average Bonchev–Trinajstić information content (AvgIpc) is 0.973. The molecule has 0 radical (unpaired) electrons. The monoisotopic (exact) mass is 1600 g/mol. The van der Waals surface area contributed by atoms with E-state index in [4.69, 9.17) is 34.1 Å². The Balaban J connectivity index is 0.000000124. The number of anilines is 3. The summed E-state index contributed by atoms with van der Waals surface area (Å²) in [5.74, 6) is 4.81. The molecule has 608 valence electrons. The SMILES string of the molecule is CCN1CC=C(c2cc(-c3ccc(N4CC5CC(C4)N5Cc4ccc(OC)nc4)nc3)c3c(C#N)cnn3c2)CC1.CCN1CC=C(c2cc(-c3cnc(N4CC5CC(C4)N5Cc4ccc(OC)nc4)cn3)c3c(C#N)cnn3c2)CC1.COc1ccc(CN2CCN(c3ccc(-c4cc(C5=CCNCC5)cn5ncc(C#N)c45)cn3)CC2)cn1. The summed E-state index contributed by atoms with van der Waals surface area (Å²) in [4.78, 5) is 52.1. The molecule has 1 N–H and O–H groups in total. The second kappa shape index (κ2) is 35.0. The maximum absolute atomic E-state index is 9.80. The van der Waals surface area contributed by atoms with Crippen LogP contribution in [0.5, 0.6) is 17.6 Å². The zero-order valence-electron chi connectivity index (χ0n) is 68.5. The number of piperidine rings is 2. The molecule has 7 fully saturated rings. The summed E-state index contributed by atoms with van der Waals surface area (Å²) >= 11 is 0. The van der Waals surface area contributed by atoms with E-state index < -0.39 is 0 Å². The number of methoxy groups -OCH3 is 3. The summed E-state index contributed by atoms with van der Waals surface area (Å²) in [6.45, 7) is 22.6. The molecule has 4 bridgehead atoms. The Hall–Kier alpha value is -12.9. The van der Waals surface area contributed by atoms with E-state index in [1.807, 2.05) is 87.5 Å². The lowest BCUT2D eigenvalue weighted by Gasteiger charge is -2.56. The molecule has 0 aliphatic carbocycles. The van der Waals surface area contributed by atoms with Crippen molar-refractivity contribution >= 4 is 50.7 Å². The van der Waals surface area contributed by atoms with Crippen LogP contribution in [-0.2, 0) is 19.6 Å². The number of nitrogens with zero attached hydrogens (tertiary/aromatic N) is 24. The van der Waals surface area contributed by atoms with E-state index in [0.717, 1.165) is 228 Å². The average molecular weight is 1600 g/mol. The summed E-state index contributed by atoms with van der Waals surface area (Å²) in [6.07, 6.45) is 36.6. The van der Waals surface area contributed by atoms with Crippen LogP contribution in [0.2, 0.25) is 0 Å². The first-order valence-corrected chi connectivity index (χ1v) is 41.7. The number of pyridine rings is 8. The number of piperazine rings is 3. The third-order valence-corrected chi connectivity index (χ3v) is 25.1. The van der Waals surface area contributed by atoms with Gasteiger partial charge in [-0.25, -0.2) is 43.5 Å². The van der Waals surface area contributed by atoms with Crippen molar-refractivity contribution in [1.29, 1.82) is 15.8 Å². The van der Waals surface area contributed by atoms with E-state index >= 15 is 0 Å². The van der Waals surface area contributed by atoms with E-state index in [1.165, 1.54) is 46.3 Å². The molecule has 12 aromatic rings. The first-order valence-electron chi connectivity index (χ1n) is 41.7. The molecule has 7 saturated heterocycles. The highest BCUT2D eigenvalue weighted by molar-refractivity contribution is 5.89. The molecular weight excluding hydrogens is 1500 g/mol. The summed E-state index contributed by atoms with van der Waals surface area (Å²) in [7, 11) is 4.92. The van der Waals surface area contributed by atoms with Crippen molar-refractivity contribution in [3.05, 3.63) is 228 Å². The van der Waals surface area contributed by atoms with Gasteiger partial charge in [0.25, 0.3) is 0 Å². The largest absolute Gasteiger partial charge is 0.481 e. The molecule has 4 atom stereocenters. The van der Waals surface area contributed by atoms with Crippen molar-refractivity contribution in [3.8, 4) is 69.4 Å². The zero-order valence-corrected chi connectivity index (χ0v) is 68.5. The van der Waals surface area contributed by atoms with Crippen LogP contribution >= 0.6 is 0 Å². The molecule has 28 heteroatoms. The number of aromatic nitrogens is 13. The van der Waals surface area contributed by atoms with Crippen molar-refractivity contribution in [1.82, 2.24) is 93.5 Å². The summed E-state index contributed by atoms with van der Waals surface area (Å²) in [6, 6.07) is 36.0. The molecular formula is C92H97N25O3. The summed E-state index contributed by atoms with van der Waals surface area (Å²) in [5.41, 5.74) is 20.7. The van der Waals surface area contributed by atoms with Crippen LogP contribution in [0.15, 0.2) is 178 Å². The topological polar surface area (TPSA) is 279 Å². The van der Waals surface area contributed by atoms with Gasteiger partial charge in [0.15, 0.2) is 0 Å². The number of hydrogen-bond donors (Lipinski definition) is 1. The van der Waals surface area contributed by atoms with Gasteiger partial charge in [0.1, 0.15) is 35.7 Å². The molecule has 0 amide bonds. The van der Waals surface area contributed by atoms with Gasteiger partial charge in [0, 0.05) is 224 Å². The molecule has 28 nitrogen and oxygen atoms in total. The molecule has 10 aliphatic heterocycles. The van der Waals surface area contributed by atoms with Gasteiger partial charge in [-0.3, -0.25) is 29.5 Å². The van der Waals surface area contributed by atoms with Gasteiger partial charge in [-0.1, -0.05) is 50.3 Å². The Bertz CT molecular complexity index is 5640. The Morgan fingerprint density at radius 1 is 0.400 bits per heavy atom. The van der Waals surface area contributed by atoms with Gasteiger partial charge in [-0.2, -0.15) is 31.1 Å². The summed E-state index contributed by atoms with van der Waals surface area (Å²) < 4.78 is 21.1. The van der Waals surface area contributed by atoms with E-state index in [1.54, 1.807) is 39.9 Å². The highest BCUT2D eigenvalue weighted by Crippen LogP contribution is 2.41. The van der Waals surface area contributed by atoms with Crippen LogP contribution in [0.1, 0.15) is 96.0 Å². The van der Waals surface area contributed by atoms with Crippen LogP contribution in [-0.4, -0.2) is 238 Å². The van der Waals surface area contributed by atoms with Gasteiger partial charge < -0.3 is 34.2 Å². The predicted molar refractivity (Wildman–Crippen MR) is 462 cm³/mol. The minimum Gasteiger partial charge on any atom is -0.481 e. The van der Waals surface area contributed by atoms with Crippen LogP contribution < -0.4 is 34.2 Å². The lowest BCUT2D eigenvalue weighted by molar-refractivity contribution is -0.00880. The number of nitriles is 3. The predicted octanol–water partition coefficient (Wildman–Crippen LogP) is 11.3. The van der Waals surface area contributed by atoms with Crippen molar-refractivity contribution in [2.75, 3.05) is 141 Å². The maximum atomic E-state index is 9.80. The smallest absolute Gasteiger partial charge is 0.212 e. The quantitative estimate of drug-likeness (QED) is 0.0742. The molecule has 4 unspecified atom stereocenters. The Kier molecular flexibility index (Phi) is 22.8. The molecule has 10 aliphatic rings. The molecule has 0 aromatic carbocycles. The Morgan fingerprint density at radius 3 is 1.22 bits per heavy atom. The minimum absolute atomic E-state index is 0.492. The van der Waals surface area contributed by atoms with Crippen molar-refractivity contribution < 1.29 is 14.2 Å². The third-order valence-electron chi connectivity index (χ3n) is 25.1. The van der Waals surface area contributed by atoms with Crippen LogP contribution in [0.25, 0.3) is 66.8 Å². The van der Waals surface area contributed by atoms with Gasteiger partial charge in [0.2, 0.25) is 17.6 Å². The Labute approximate surface area is 698 Å². The second-order valence-corrected chi connectivity index (χ2v) is 31.9. The molecule has 120 heavy (non-hydrogen) atoms. The molecule has 22 rings (SSSR count). The number of nitrogens with one attached hydrogen (secondary N) is 1. The van der Waals surface area contributed by atoms with E-state index in [2.05, 4.69) is 192 Å². The van der Waals surface area contributed by atoms with Gasteiger partial charge >= 0.3 is 0 Å². The standard InChI is InChI=1S/C32H34N8O.C31H33N9O.C29H30N8O/c1-3-37-10-8-23(9-11-37)25-12-29(32-26(14-33)17-36-40(32)19-25)24-5-6-30(34-16-24)38-20-27-13-28(21-38)39(27)18-22-4-7-31(41-2)35-15-22;1-3-37-8-6-22(7-9-37)23-10-27(31-24(12-32)14-36-40(31)18-23)28-15-34-29(16-33-28)38-19-25-11-26(20-38)39(25)17-21-4-5-30(41-2)35-13-21;1-38-28-5-2-21(16-33-28)19-35-10-12-36(13-11-35)27-4-3-23(17-32-27)26-14-24(22-6-8-31-9-7-22)20-37-29(26)25(15-30)18-34-37/h4-8,12,15-17,19,27-28H,3,9-11,13,18,20-21H2,1-2H3;4-6,10,13-16,18,25-26H,3,7-9,11,17,19-20H2,1-2H3;2-6,14,16-18,20,31H,7-13,19H2,1H3. The van der Waals surface area contributed by atoms with E-state index in [0.29, 0.717) is 58.5 Å². The lowest BCUT2D eigenvalue weighted by atomic mass is 9.87. The third kappa shape index (κ3) is 16.3. The fraction of sp³-hybridized carbons (Fsp3) is 0.359. The van der Waals surface area contributed by atoms with Gasteiger partial charge in [0.05, 0.1) is 91.2 Å². The van der Waals surface area contributed by atoms with Crippen molar-refractivity contribution in [2.24, 2.45) is 0 Å². The highest BCUT2D eigenvalue weighted by Gasteiger charge is 2.46. The second-order valence-electron chi connectivity index (χ2n) is 31.9. The van der Waals surface area contributed by atoms with Gasteiger partial charge in [-0.15, -0.1) is 0 Å². The number of fused-ring (bicyclic) bond motifs is 7. The molecule has 0 saturated carbocycles. The normalized spacial score (nSPS) is 19.4. The molecule has 22 heterocycles. The first-order chi connectivity index (χ1) is 59.0. The maximum Gasteiger partial charge on any atom is 0.212 e. The Morgan fingerprint density at radius 2 is 0.833 bits per heavy atom. The molecule has 12 aromatic heterocycles. The van der Waals surface area contributed by atoms with Crippen molar-refractivity contribution in [3.63, 3.8) is 0 Å². The number of rotatable bonds is 20. The van der Waals surface area contributed by atoms with Crippen molar-refractivity contribution in [2.45, 2.75) is 89.8 Å². The van der Waals surface area contributed by atoms with Crippen LogP contribution in [0, 0.1) is 34.0 Å².